The molecule has 0 saturated carbocycles. The molecule has 1 saturated heterocycles. The topological polar surface area (TPSA) is 21.3 Å². The highest BCUT2D eigenvalue weighted by atomic mass is 16.5. The van der Waals surface area contributed by atoms with Gasteiger partial charge < -0.3 is 10.1 Å². The number of rotatable bonds is 6. The summed E-state index contributed by atoms with van der Waals surface area (Å²) in [5.41, 5.74) is 1.43. The van der Waals surface area contributed by atoms with Crippen molar-refractivity contribution in [1.82, 2.24) is 5.32 Å². The maximum atomic E-state index is 5.91. The Kier molecular flexibility index (Phi) is 5.21. The zero-order chi connectivity index (χ0) is 12.8. The molecular formula is C16H25NO. The number of ether oxygens (including phenoxy) is 1. The fourth-order valence-corrected chi connectivity index (χ4v) is 2.78. The van der Waals surface area contributed by atoms with Gasteiger partial charge in [0.05, 0.1) is 6.10 Å². The van der Waals surface area contributed by atoms with Crippen LogP contribution in [0, 0.1) is 5.92 Å². The van der Waals surface area contributed by atoms with Gasteiger partial charge in [0, 0.05) is 13.2 Å². The predicted octanol–water partition coefficient (Wildman–Crippen LogP) is 3.19. The molecule has 1 aliphatic rings. The second kappa shape index (κ2) is 6.91. The molecule has 1 aromatic carbocycles. The van der Waals surface area contributed by atoms with Gasteiger partial charge in [-0.1, -0.05) is 44.2 Å². The molecule has 100 valence electrons. The number of benzene rings is 1. The fraction of sp³-hybridized carbons (Fsp3) is 0.625. The Bertz CT molecular complexity index is 338. The lowest BCUT2D eigenvalue weighted by Crippen LogP contribution is -2.29. The molecule has 0 radical (unpaired) electrons. The summed E-state index contributed by atoms with van der Waals surface area (Å²) in [5.74, 6) is 1.27. The van der Waals surface area contributed by atoms with E-state index in [2.05, 4.69) is 49.5 Å². The molecule has 1 fully saturated rings. The molecule has 2 nitrogen and oxygen atoms in total. The molecule has 0 aromatic heterocycles. The average Bonchev–Trinajstić information content (AvgIpc) is 2.84. The monoisotopic (exact) mass is 247 g/mol. The zero-order valence-electron chi connectivity index (χ0n) is 11.6. The maximum Gasteiger partial charge on any atom is 0.0622 e. The molecule has 3 atom stereocenters. The third-order valence-corrected chi connectivity index (χ3v) is 3.96. The molecule has 3 unspecified atom stereocenters. The van der Waals surface area contributed by atoms with Crippen LogP contribution in [0.2, 0.25) is 0 Å². The highest BCUT2D eigenvalue weighted by molar-refractivity contribution is 5.18. The van der Waals surface area contributed by atoms with Crippen LogP contribution in [0.25, 0.3) is 0 Å². The summed E-state index contributed by atoms with van der Waals surface area (Å²) < 4.78 is 5.91. The van der Waals surface area contributed by atoms with Gasteiger partial charge in [-0.25, -0.2) is 0 Å². The largest absolute Gasteiger partial charge is 0.378 e. The minimum atomic E-state index is 0.430. The van der Waals surface area contributed by atoms with Crippen molar-refractivity contribution in [2.45, 2.75) is 38.7 Å². The molecule has 0 bridgehead atoms. The lowest BCUT2D eigenvalue weighted by Gasteiger charge is -2.22. The molecule has 2 heteroatoms. The quantitative estimate of drug-likeness (QED) is 0.833. The lowest BCUT2D eigenvalue weighted by atomic mass is 9.89. The molecule has 1 aliphatic heterocycles. The molecule has 0 amide bonds. The van der Waals surface area contributed by atoms with E-state index in [9.17, 15) is 0 Å². The van der Waals surface area contributed by atoms with Crippen LogP contribution in [0.3, 0.4) is 0 Å². The average molecular weight is 247 g/mol. The summed E-state index contributed by atoms with van der Waals surface area (Å²) in [4.78, 5) is 0. The summed E-state index contributed by atoms with van der Waals surface area (Å²) in [6.45, 7) is 7.56. The highest BCUT2D eigenvalue weighted by Crippen LogP contribution is 2.30. The van der Waals surface area contributed by atoms with Crippen LogP contribution in [0.1, 0.15) is 38.2 Å². The van der Waals surface area contributed by atoms with Crippen molar-refractivity contribution in [2.24, 2.45) is 5.92 Å². The third kappa shape index (κ3) is 3.56. The van der Waals surface area contributed by atoms with E-state index in [0.29, 0.717) is 17.9 Å². The van der Waals surface area contributed by atoms with Crippen LogP contribution in [0.15, 0.2) is 30.3 Å². The summed E-state index contributed by atoms with van der Waals surface area (Å²) in [6.07, 6.45) is 2.78. The second-order valence-electron chi connectivity index (χ2n) is 5.31. The minimum Gasteiger partial charge on any atom is -0.378 e. The summed E-state index contributed by atoms with van der Waals surface area (Å²) in [7, 11) is 0. The SMILES string of the molecule is CCNCC1CCOC1CC(C)c1ccccc1. The lowest BCUT2D eigenvalue weighted by molar-refractivity contribution is 0.0785. The van der Waals surface area contributed by atoms with E-state index in [-0.39, 0.29) is 0 Å². The Morgan fingerprint density at radius 3 is 2.83 bits per heavy atom. The number of nitrogens with one attached hydrogen (secondary N) is 1. The van der Waals surface area contributed by atoms with Gasteiger partial charge in [0.2, 0.25) is 0 Å². The van der Waals surface area contributed by atoms with Crippen molar-refractivity contribution in [3.05, 3.63) is 35.9 Å². The second-order valence-corrected chi connectivity index (χ2v) is 5.31. The van der Waals surface area contributed by atoms with Crippen molar-refractivity contribution < 1.29 is 4.74 Å². The van der Waals surface area contributed by atoms with Crippen LogP contribution in [0.5, 0.6) is 0 Å². The fourth-order valence-electron chi connectivity index (χ4n) is 2.78. The van der Waals surface area contributed by atoms with Gasteiger partial charge in [0.25, 0.3) is 0 Å². The third-order valence-electron chi connectivity index (χ3n) is 3.96. The van der Waals surface area contributed by atoms with Gasteiger partial charge >= 0.3 is 0 Å². The van der Waals surface area contributed by atoms with E-state index in [1.54, 1.807) is 0 Å². The summed E-state index contributed by atoms with van der Waals surface area (Å²) in [6, 6.07) is 10.8. The first-order valence-corrected chi connectivity index (χ1v) is 7.18. The molecule has 18 heavy (non-hydrogen) atoms. The molecule has 1 heterocycles. The van der Waals surface area contributed by atoms with E-state index >= 15 is 0 Å². The van der Waals surface area contributed by atoms with Crippen molar-refractivity contribution in [2.75, 3.05) is 19.7 Å². The molecular weight excluding hydrogens is 222 g/mol. The molecule has 2 rings (SSSR count). The van der Waals surface area contributed by atoms with Gasteiger partial charge in [-0.05, 0) is 36.8 Å². The van der Waals surface area contributed by atoms with Crippen LogP contribution >= 0.6 is 0 Å². The number of hydrogen-bond donors (Lipinski definition) is 1. The van der Waals surface area contributed by atoms with Crippen molar-refractivity contribution in [1.29, 1.82) is 0 Å². The zero-order valence-corrected chi connectivity index (χ0v) is 11.6. The van der Waals surface area contributed by atoms with E-state index in [4.69, 9.17) is 4.74 Å². The van der Waals surface area contributed by atoms with Crippen LogP contribution in [0.4, 0.5) is 0 Å². The normalized spacial score (nSPS) is 25.2. The van der Waals surface area contributed by atoms with Gasteiger partial charge in [-0.15, -0.1) is 0 Å². The Hall–Kier alpha value is -0.860. The van der Waals surface area contributed by atoms with E-state index < -0.39 is 0 Å². The van der Waals surface area contributed by atoms with E-state index in [1.807, 2.05) is 0 Å². The summed E-state index contributed by atoms with van der Waals surface area (Å²) in [5, 5.41) is 3.45. The Balaban J connectivity index is 1.88. The molecule has 0 aliphatic carbocycles. The van der Waals surface area contributed by atoms with Crippen molar-refractivity contribution in [3.63, 3.8) is 0 Å². The van der Waals surface area contributed by atoms with Gasteiger partial charge in [0.15, 0.2) is 0 Å². The van der Waals surface area contributed by atoms with Crippen LogP contribution in [-0.2, 0) is 4.74 Å². The predicted molar refractivity (Wildman–Crippen MR) is 75.9 cm³/mol. The Labute approximate surface area is 111 Å². The first-order valence-electron chi connectivity index (χ1n) is 7.18. The summed E-state index contributed by atoms with van der Waals surface area (Å²) >= 11 is 0. The molecule has 1 N–H and O–H groups in total. The Morgan fingerprint density at radius 2 is 2.11 bits per heavy atom. The smallest absolute Gasteiger partial charge is 0.0622 e. The molecule has 1 aromatic rings. The van der Waals surface area contributed by atoms with Crippen molar-refractivity contribution in [3.8, 4) is 0 Å². The van der Waals surface area contributed by atoms with Crippen LogP contribution < -0.4 is 5.32 Å². The standard InChI is InChI=1S/C16H25NO/c1-3-17-12-15-9-10-18-16(15)11-13(2)14-7-5-4-6-8-14/h4-8,13,15-17H,3,9-12H2,1-2H3. The van der Waals surface area contributed by atoms with E-state index in [1.165, 1.54) is 12.0 Å². The maximum absolute atomic E-state index is 5.91. The van der Waals surface area contributed by atoms with Crippen LogP contribution in [-0.4, -0.2) is 25.8 Å². The van der Waals surface area contributed by atoms with Gasteiger partial charge in [-0.3, -0.25) is 0 Å². The minimum absolute atomic E-state index is 0.430. The Morgan fingerprint density at radius 1 is 1.33 bits per heavy atom. The highest BCUT2D eigenvalue weighted by Gasteiger charge is 2.29. The first kappa shape index (κ1) is 13.6. The van der Waals surface area contributed by atoms with Gasteiger partial charge in [-0.2, -0.15) is 0 Å². The first-order chi connectivity index (χ1) is 8.81. The van der Waals surface area contributed by atoms with E-state index in [0.717, 1.165) is 26.1 Å². The van der Waals surface area contributed by atoms with Gasteiger partial charge in [0.1, 0.15) is 0 Å². The molecule has 0 spiro atoms. The van der Waals surface area contributed by atoms with Crippen molar-refractivity contribution >= 4 is 0 Å². The number of hydrogen-bond acceptors (Lipinski definition) is 2.